The lowest BCUT2D eigenvalue weighted by Gasteiger charge is -2.41. The fourth-order valence-corrected chi connectivity index (χ4v) is 6.88. The first kappa shape index (κ1) is 41.7. The molecule has 1 heterocycles. The molecule has 0 aliphatic carbocycles. The monoisotopic (exact) mass is 655 g/mol. The second-order valence-electron chi connectivity index (χ2n) is 13.9. The number of ether oxygens (including phenoxy) is 2. The average molecular weight is 655 g/mol. The predicted molar refractivity (Wildman–Crippen MR) is 182 cm³/mol. The van der Waals surface area contributed by atoms with Crippen molar-refractivity contribution in [3.8, 4) is 0 Å². The Morgan fingerprint density at radius 1 is 0.913 bits per heavy atom. The summed E-state index contributed by atoms with van der Waals surface area (Å²) in [6.07, 6.45) is 1.37. The summed E-state index contributed by atoms with van der Waals surface area (Å²) < 4.78 is 11.8. The van der Waals surface area contributed by atoms with E-state index in [2.05, 4.69) is 29.8 Å². The van der Waals surface area contributed by atoms with Gasteiger partial charge in [-0.3, -0.25) is 24.1 Å². The maximum atomic E-state index is 14.1. The molecule has 0 aromatic heterocycles. The highest BCUT2D eigenvalue weighted by atomic mass is 16.5. The Balaban J connectivity index is 3.23. The number of likely N-dealkylation sites (tertiary alicyclic amines) is 1. The molecule has 3 N–H and O–H groups in total. The van der Waals surface area contributed by atoms with Crippen molar-refractivity contribution in [2.45, 2.75) is 111 Å². The van der Waals surface area contributed by atoms with Crippen molar-refractivity contribution in [3.63, 3.8) is 0 Å². The largest absolute Gasteiger partial charge is 0.379 e. The minimum atomic E-state index is -0.732. The lowest BCUT2D eigenvalue weighted by Crippen LogP contribution is -2.59. The van der Waals surface area contributed by atoms with Gasteiger partial charge in [-0.05, 0) is 51.7 Å². The molecule has 0 aromatic carbocycles. The zero-order valence-electron chi connectivity index (χ0n) is 31.0. The van der Waals surface area contributed by atoms with Gasteiger partial charge in [0.2, 0.25) is 23.6 Å². The van der Waals surface area contributed by atoms with Gasteiger partial charge >= 0.3 is 0 Å². The standard InChI is InChI=1S/C34H66N6O6/c1-14-23(6)30(39(11)34(44)28(21(2)3)37-33(43)29(22(4)5)38(9)10)26(45-12)20-27(41)40-19-15-16-25(40)31(46-13)24(7)32(42)36-18-17-35-8/h21-26,28-31,35H,14-20H2,1-13H3,(H,36,42)(H,37,43)/t23-,24+,25-,26+,28-,29-,30-,31?/m0/s1. The normalized spacial score (nSPS) is 19.8. The summed E-state index contributed by atoms with van der Waals surface area (Å²) in [7, 11) is 10.5. The van der Waals surface area contributed by atoms with Gasteiger partial charge in [0.1, 0.15) is 6.04 Å². The van der Waals surface area contributed by atoms with E-state index in [4.69, 9.17) is 9.47 Å². The molecule has 268 valence electrons. The van der Waals surface area contributed by atoms with E-state index in [1.54, 1.807) is 26.2 Å². The fourth-order valence-electron chi connectivity index (χ4n) is 6.88. The van der Waals surface area contributed by atoms with Crippen LogP contribution >= 0.6 is 0 Å². The van der Waals surface area contributed by atoms with E-state index in [0.29, 0.717) is 19.6 Å². The Labute approximate surface area is 279 Å². The Morgan fingerprint density at radius 3 is 2.02 bits per heavy atom. The van der Waals surface area contributed by atoms with Gasteiger partial charge in [-0.1, -0.05) is 54.9 Å². The van der Waals surface area contributed by atoms with E-state index in [1.807, 2.05) is 65.6 Å². The number of likely N-dealkylation sites (N-methyl/N-ethyl adjacent to an activating group) is 3. The molecule has 4 amide bonds. The first-order valence-electron chi connectivity index (χ1n) is 17.1. The smallest absolute Gasteiger partial charge is 0.245 e. The van der Waals surface area contributed by atoms with Crippen LogP contribution in [0.2, 0.25) is 0 Å². The number of amides is 4. The van der Waals surface area contributed by atoms with Crippen molar-refractivity contribution in [2.75, 3.05) is 62.0 Å². The number of carbonyl (C=O) groups excluding carboxylic acids is 4. The summed E-state index contributed by atoms with van der Waals surface area (Å²) in [6.45, 7) is 15.5. The van der Waals surface area contributed by atoms with Crippen LogP contribution in [0.15, 0.2) is 0 Å². The molecule has 1 aliphatic heterocycles. The van der Waals surface area contributed by atoms with Crippen molar-refractivity contribution in [2.24, 2.45) is 23.7 Å². The summed E-state index contributed by atoms with van der Waals surface area (Å²) >= 11 is 0. The number of rotatable bonds is 20. The maximum absolute atomic E-state index is 14.1. The summed E-state index contributed by atoms with van der Waals surface area (Å²) in [5, 5.41) is 8.99. The van der Waals surface area contributed by atoms with Crippen LogP contribution in [0.5, 0.6) is 0 Å². The molecule has 1 fully saturated rings. The van der Waals surface area contributed by atoms with Crippen LogP contribution in [0.4, 0.5) is 0 Å². The summed E-state index contributed by atoms with van der Waals surface area (Å²) in [6, 6.07) is -1.76. The van der Waals surface area contributed by atoms with Gasteiger partial charge in [0.25, 0.3) is 0 Å². The number of methoxy groups -OCH3 is 2. The van der Waals surface area contributed by atoms with Crippen molar-refractivity contribution >= 4 is 23.6 Å². The highest BCUT2D eigenvalue weighted by Crippen LogP contribution is 2.29. The number of nitrogens with zero attached hydrogens (tertiary/aromatic N) is 3. The van der Waals surface area contributed by atoms with E-state index in [1.165, 1.54) is 0 Å². The summed E-state index contributed by atoms with van der Waals surface area (Å²) in [5.41, 5.74) is 0. The molecular weight excluding hydrogens is 588 g/mol. The number of hydrogen-bond donors (Lipinski definition) is 3. The van der Waals surface area contributed by atoms with E-state index < -0.39 is 30.2 Å². The van der Waals surface area contributed by atoms with Crippen LogP contribution < -0.4 is 16.0 Å². The third-order valence-electron chi connectivity index (χ3n) is 9.62. The van der Waals surface area contributed by atoms with Gasteiger partial charge in [-0.2, -0.15) is 0 Å². The lowest BCUT2D eigenvalue weighted by molar-refractivity contribution is -0.148. The van der Waals surface area contributed by atoms with Crippen molar-refractivity contribution in [1.82, 2.24) is 30.7 Å². The van der Waals surface area contributed by atoms with Gasteiger partial charge in [0, 0.05) is 40.9 Å². The van der Waals surface area contributed by atoms with Crippen molar-refractivity contribution in [3.05, 3.63) is 0 Å². The van der Waals surface area contributed by atoms with Gasteiger partial charge in [-0.15, -0.1) is 0 Å². The quantitative estimate of drug-likeness (QED) is 0.170. The van der Waals surface area contributed by atoms with Crippen molar-refractivity contribution < 1.29 is 28.7 Å². The first-order chi connectivity index (χ1) is 21.6. The third-order valence-corrected chi connectivity index (χ3v) is 9.62. The number of hydrogen-bond acceptors (Lipinski definition) is 8. The second kappa shape index (κ2) is 20.2. The topological polar surface area (TPSA) is 133 Å². The minimum absolute atomic E-state index is 0.0165. The van der Waals surface area contributed by atoms with Crippen LogP contribution in [0, 0.1) is 23.7 Å². The summed E-state index contributed by atoms with van der Waals surface area (Å²) in [4.78, 5) is 59.7. The van der Waals surface area contributed by atoms with E-state index in [9.17, 15) is 19.2 Å². The van der Waals surface area contributed by atoms with E-state index >= 15 is 0 Å². The molecule has 0 bridgehead atoms. The molecule has 1 saturated heterocycles. The van der Waals surface area contributed by atoms with Crippen LogP contribution in [-0.2, 0) is 28.7 Å². The first-order valence-corrected chi connectivity index (χ1v) is 17.1. The van der Waals surface area contributed by atoms with E-state index in [0.717, 1.165) is 19.3 Å². The second-order valence-corrected chi connectivity index (χ2v) is 13.9. The minimum Gasteiger partial charge on any atom is -0.379 e. The molecule has 12 heteroatoms. The number of carbonyl (C=O) groups is 4. The highest BCUT2D eigenvalue weighted by molar-refractivity contribution is 5.90. The molecule has 0 spiro atoms. The van der Waals surface area contributed by atoms with E-state index in [-0.39, 0.29) is 59.9 Å². The molecule has 12 nitrogen and oxygen atoms in total. The molecule has 0 saturated carbocycles. The van der Waals surface area contributed by atoms with Gasteiger partial charge in [0.15, 0.2) is 0 Å². The molecular formula is C34H66N6O6. The Morgan fingerprint density at radius 2 is 1.54 bits per heavy atom. The molecule has 46 heavy (non-hydrogen) atoms. The molecule has 1 rings (SSSR count). The average Bonchev–Trinajstić information content (AvgIpc) is 3.48. The SMILES string of the molecule is CC[C@H](C)[C@@H]([C@@H](CC(=O)N1CCC[C@H]1C(OC)[C@@H](C)C(=O)NCCNC)OC)N(C)C(=O)[C@@H](NC(=O)[C@H](C(C)C)N(C)C)C(C)C. The highest BCUT2D eigenvalue weighted by Gasteiger charge is 2.43. The lowest BCUT2D eigenvalue weighted by atomic mass is 9.89. The molecule has 0 aromatic rings. The van der Waals surface area contributed by atoms with Crippen LogP contribution in [0.25, 0.3) is 0 Å². The Hall–Kier alpha value is -2.28. The van der Waals surface area contributed by atoms with Crippen LogP contribution in [0.3, 0.4) is 0 Å². The molecule has 1 aliphatic rings. The Kier molecular flexibility index (Phi) is 18.3. The molecule has 0 radical (unpaired) electrons. The summed E-state index contributed by atoms with van der Waals surface area (Å²) in [5.74, 6) is -1.10. The van der Waals surface area contributed by atoms with Gasteiger partial charge < -0.3 is 35.2 Å². The third kappa shape index (κ3) is 11.2. The molecule has 8 atom stereocenters. The maximum Gasteiger partial charge on any atom is 0.245 e. The van der Waals surface area contributed by atoms with Crippen molar-refractivity contribution in [1.29, 1.82) is 0 Å². The van der Waals surface area contributed by atoms with Gasteiger partial charge in [-0.25, -0.2) is 0 Å². The number of nitrogens with one attached hydrogen (secondary N) is 3. The predicted octanol–water partition coefficient (Wildman–Crippen LogP) is 1.97. The Bertz CT molecular complexity index is 954. The zero-order valence-corrected chi connectivity index (χ0v) is 31.0. The molecule has 1 unspecified atom stereocenters. The van der Waals surface area contributed by atoms with Crippen LogP contribution in [0.1, 0.15) is 74.1 Å². The van der Waals surface area contributed by atoms with Gasteiger partial charge in [0.05, 0.1) is 42.7 Å². The fraction of sp³-hybridized carbons (Fsp3) is 0.882. The zero-order chi connectivity index (χ0) is 35.3. The van der Waals surface area contributed by atoms with Crippen LogP contribution in [-0.4, -0.2) is 137 Å².